The van der Waals surface area contributed by atoms with Crippen molar-refractivity contribution in [2.75, 3.05) is 13.7 Å². The first kappa shape index (κ1) is 26.1. The molecule has 0 bridgehead atoms. The van der Waals surface area contributed by atoms with Gasteiger partial charge in [-0.3, -0.25) is 0 Å². The third kappa shape index (κ3) is 6.24. The van der Waals surface area contributed by atoms with E-state index in [4.69, 9.17) is 9.47 Å². The summed E-state index contributed by atoms with van der Waals surface area (Å²) in [6, 6.07) is 17.8. The lowest BCUT2D eigenvalue weighted by Crippen LogP contribution is -2.21. The molecule has 3 aromatic carbocycles. The number of ether oxygens (including phenoxy) is 2. The number of aromatic nitrogens is 1. The van der Waals surface area contributed by atoms with Crippen LogP contribution in [-0.2, 0) is 24.1 Å². The molecule has 0 aliphatic carbocycles. The highest BCUT2D eigenvalue weighted by molar-refractivity contribution is 5.89. The number of esters is 1. The fourth-order valence-electron chi connectivity index (χ4n) is 4.47. The van der Waals surface area contributed by atoms with Crippen molar-refractivity contribution < 1.29 is 29.6 Å². The van der Waals surface area contributed by atoms with Crippen LogP contribution in [0.15, 0.2) is 66.9 Å². The number of unbranched alkanes of at least 4 members (excludes halogenated alkanes) is 1. The molecule has 0 spiro atoms. The molecule has 4 rings (SSSR count). The fraction of sp³-hybridized carbons (Fsp3) is 0.300. The lowest BCUT2D eigenvalue weighted by Gasteiger charge is -2.12. The van der Waals surface area contributed by atoms with Crippen molar-refractivity contribution in [2.24, 2.45) is 0 Å². The van der Waals surface area contributed by atoms with Gasteiger partial charge in [0.15, 0.2) is 0 Å². The molecule has 1 atom stereocenters. The minimum absolute atomic E-state index is 0.0657. The number of hydrogen-bond donors (Lipinski definition) is 3. The number of phenols is 2. The standard InChI is InChI=1S/C30H33NO6/c1-3-4-7-20-14-28(33)26(29(34)15-20)18-31-17-22(25-8-5-6-9-27(25)31)16-23(32)19-37-30(35)21-10-12-24(36-2)13-11-21/h5-6,8-15,17,23,32-34H,3-4,7,16,18-19H2,1-2H3/t23-/m0/s1. The van der Waals surface area contributed by atoms with Crippen molar-refractivity contribution in [2.45, 2.75) is 45.3 Å². The average molecular weight is 504 g/mol. The van der Waals surface area contributed by atoms with Crippen LogP contribution in [0.4, 0.5) is 0 Å². The highest BCUT2D eigenvalue weighted by Gasteiger charge is 2.17. The van der Waals surface area contributed by atoms with E-state index in [1.54, 1.807) is 43.5 Å². The van der Waals surface area contributed by atoms with Gasteiger partial charge in [0.05, 0.1) is 30.9 Å². The smallest absolute Gasteiger partial charge is 0.338 e. The molecule has 0 unspecified atom stereocenters. The number of para-hydroxylation sites is 1. The van der Waals surface area contributed by atoms with Crippen molar-refractivity contribution in [3.05, 3.63) is 89.1 Å². The van der Waals surface area contributed by atoms with E-state index in [9.17, 15) is 20.1 Å². The Morgan fingerprint density at radius 1 is 1.03 bits per heavy atom. The van der Waals surface area contributed by atoms with Gasteiger partial charge in [-0.05, 0) is 66.4 Å². The Morgan fingerprint density at radius 2 is 1.73 bits per heavy atom. The van der Waals surface area contributed by atoms with Gasteiger partial charge >= 0.3 is 5.97 Å². The van der Waals surface area contributed by atoms with Crippen LogP contribution in [0.3, 0.4) is 0 Å². The van der Waals surface area contributed by atoms with Crippen molar-refractivity contribution in [3.63, 3.8) is 0 Å². The normalized spacial score (nSPS) is 12.0. The first-order valence-corrected chi connectivity index (χ1v) is 12.5. The van der Waals surface area contributed by atoms with Crippen LogP contribution in [0.25, 0.3) is 10.9 Å². The monoisotopic (exact) mass is 503 g/mol. The third-order valence-corrected chi connectivity index (χ3v) is 6.47. The van der Waals surface area contributed by atoms with Crippen LogP contribution in [0.2, 0.25) is 0 Å². The Hall–Kier alpha value is -3.97. The number of aromatic hydroxyl groups is 2. The summed E-state index contributed by atoms with van der Waals surface area (Å²) in [4.78, 5) is 12.3. The summed E-state index contributed by atoms with van der Waals surface area (Å²) in [5.74, 6) is 0.256. The van der Waals surface area contributed by atoms with Crippen LogP contribution < -0.4 is 4.74 Å². The van der Waals surface area contributed by atoms with Gasteiger partial charge in [-0.1, -0.05) is 31.5 Å². The largest absolute Gasteiger partial charge is 0.507 e. The average Bonchev–Trinajstić information content (AvgIpc) is 3.25. The van der Waals surface area contributed by atoms with E-state index >= 15 is 0 Å². The molecule has 0 aliphatic rings. The second kappa shape index (κ2) is 11.8. The summed E-state index contributed by atoms with van der Waals surface area (Å²) in [6.07, 6.45) is 4.10. The first-order valence-electron chi connectivity index (χ1n) is 12.5. The van der Waals surface area contributed by atoms with Gasteiger partial charge in [-0.15, -0.1) is 0 Å². The Labute approximate surface area is 216 Å². The first-order chi connectivity index (χ1) is 17.9. The lowest BCUT2D eigenvalue weighted by molar-refractivity contribution is 0.0259. The van der Waals surface area contributed by atoms with Gasteiger partial charge < -0.3 is 29.4 Å². The molecule has 1 heterocycles. The van der Waals surface area contributed by atoms with E-state index in [0.29, 0.717) is 16.9 Å². The maximum atomic E-state index is 12.3. The second-order valence-corrected chi connectivity index (χ2v) is 9.20. The summed E-state index contributed by atoms with van der Waals surface area (Å²) in [7, 11) is 1.55. The van der Waals surface area contributed by atoms with Gasteiger partial charge in [0.2, 0.25) is 0 Å². The maximum Gasteiger partial charge on any atom is 0.338 e. The zero-order valence-corrected chi connectivity index (χ0v) is 21.2. The molecule has 0 saturated heterocycles. The minimum Gasteiger partial charge on any atom is -0.507 e. The van der Waals surface area contributed by atoms with Gasteiger partial charge in [0.1, 0.15) is 23.9 Å². The number of hydrogen-bond acceptors (Lipinski definition) is 6. The van der Waals surface area contributed by atoms with Crippen molar-refractivity contribution in [3.8, 4) is 17.2 Å². The molecule has 3 N–H and O–H groups in total. The number of aliphatic hydroxyl groups is 1. The molecule has 37 heavy (non-hydrogen) atoms. The molecule has 0 radical (unpaired) electrons. The number of carbonyl (C=O) groups is 1. The second-order valence-electron chi connectivity index (χ2n) is 9.20. The van der Waals surface area contributed by atoms with Gasteiger partial charge in [0, 0.05) is 23.5 Å². The number of carbonyl (C=O) groups excluding carboxylic acids is 1. The predicted molar refractivity (Wildman–Crippen MR) is 142 cm³/mol. The molecular formula is C30H33NO6. The van der Waals surface area contributed by atoms with Crippen molar-refractivity contribution in [1.29, 1.82) is 0 Å². The zero-order valence-electron chi connectivity index (χ0n) is 21.2. The molecule has 0 saturated carbocycles. The molecule has 4 aromatic rings. The van der Waals surface area contributed by atoms with E-state index < -0.39 is 12.1 Å². The number of nitrogens with zero attached hydrogens (tertiary/aromatic N) is 1. The van der Waals surface area contributed by atoms with E-state index in [2.05, 4.69) is 6.92 Å². The maximum absolute atomic E-state index is 12.3. The Balaban J connectivity index is 1.47. The summed E-state index contributed by atoms with van der Waals surface area (Å²) < 4.78 is 12.4. The molecule has 0 fully saturated rings. The Kier molecular flexibility index (Phi) is 8.36. The Bertz CT molecular complexity index is 1340. The van der Waals surface area contributed by atoms with Crippen LogP contribution in [-0.4, -0.2) is 45.7 Å². The molecule has 194 valence electrons. The van der Waals surface area contributed by atoms with E-state index in [1.165, 1.54) is 0 Å². The number of aliphatic hydroxyl groups excluding tert-OH is 1. The minimum atomic E-state index is -0.902. The van der Waals surface area contributed by atoms with Gasteiger partial charge in [-0.25, -0.2) is 4.79 Å². The summed E-state index contributed by atoms with van der Waals surface area (Å²) in [6.45, 7) is 2.23. The topological polar surface area (TPSA) is 101 Å². The summed E-state index contributed by atoms with van der Waals surface area (Å²) >= 11 is 0. The van der Waals surface area contributed by atoms with Crippen LogP contribution >= 0.6 is 0 Å². The van der Waals surface area contributed by atoms with Crippen LogP contribution in [0.1, 0.15) is 46.8 Å². The van der Waals surface area contributed by atoms with E-state index in [-0.39, 0.29) is 31.1 Å². The Morgan fingerprint density at radius 3 is 2.41 bits per heavy atom. The highest BCUT2D eigenvalue weighted by Crippen LogP contribution is 2.32. The number of rotatable bonds is 11. The molecule has 7 heteroatoms. The SMILES string of the molecule is CCCCc1cc(O)c(Cn2cc(C[C@H](O)COC(=O)c3ccc(OC)cc3)c3ccccc32)c(O)c1. The number of aryl methyl sites for hydroxylation is 1. The van der Waals surface area contributed by atoms with Gasteiger partial charge in [-0.2, -0.15) is 0 Å². The summed E-state index contributed by atoms with van der Waals surface area (Å²) in [5, 5.41) is 32.9. The van der Waals surface area contributed by atoms with Crippen molar-refractivity contribution in [1.82, 2.24) is 4.57 Å². The molecule has 1 aromatic heterocycles. The van der Waals surface area contributed by atoms with Crippen molar-refractivity contribution >= 4 is 16.9 Å². The van der Waals surface area contributed by atoms with Crippen LogP contribution in [0.5, 0.6) is 17.2 Å². The zero-order chi connectivity index (χ0) is 26.4. The van der Waals surface area contributed by atoms with Gasteiger partial charge in [0.25, 0.3) is 0 Å². The number of benzene rings is 3. The number of methoxy groups -OCH3 is 1. The van der Waals surface area contributed by atoms with E-state index in [0.717, 1.165) is 41.3 Å². The lowest BCUT2D eigenvalue weighted by atomic mass is 10.0. The van der Waals surface area contributed by atoms with Crippen LogP contribution in [0, 0.1) is 0 Å². The quantitative estimate of drug-likeness (QED) is 0.243. The molecular weight excluding hydrogens is 470 g/mol. The molecule has 7 nitrogen and oxygen atoms in total. The third-order valence-electron chi connectivity index (χ3n) is 6.47. The highest BCUT2D eigenvalue weighted by atomic mass is 16.5. The molecule has 0 amide bonds. The number of fused-ring (bicyclic) bond motifs is 1. The fourth-order valence-corrected chi connectivity index (χ4v) is 4.47. The molecule has 0 aliphatic heterocycles. The predicted octanol–water partition coefficient (Wildman–Crippen LogP) is 5.21. The number of phenolic OH excluding ortho intramolecular Hbond substituents is 2. The summed E-state index contributed by atoms with van der Waals surface area (Å²) in [5.41, 5.74) is 3.52. The van der Waals surface area contributed by atoms with E-state index in [1.807, 2.05) is 35.0 Å².